The molecule has 156 valence electrons. The number of non-ortho nitro benzene ring substituents is 1. The summed E-state index contributed by atoms with van der Waals surface area (Å²) >= 11 is 0. The first-order valence-electron chi connectivity index (χ1n) is 9.29. The molecule has 3 aromatic carbocycles. The minimum atomic E-state index is -0.689. The summed E-state index contributed by atoms with van der Waals surface area (Å²) in [5, 5.41) is 26.2. The van der Waals surface area contributed by atoms with Gasteiger partial charge in [-0.05, 0) is 35.9 Å². The molecule has 1 aliphatic heterocycles. The molecule has 0 fully saturated rings. The van der Waals surface area contributed by atoms with E-state index in [2.05, 4.69) is 26.4 Å². The van der Waals surface area contributed by atoms with Crippen LogP contribution < -0.4 is 15.2 Å². The fourth-order valence-electron chi connectivity index (χ4n) is 3.52. The molecule has 0 bridgehead atoms. The zero-order chi connectivity index (χ0) is 22.1. The molecular formula is C21H18N6O4. The van der Waals surface area contributed by atoms with Crippen molar-refractivity contribution in [1.29, 1.82) is 0 Å². The lowest BCUT2D eigenvalue weighted by atomic mass is 10.1. The van der Waals surface area contributed by atoms with Gasteiger partial charge in [0.1, 0.15) is 5.69 Å². The summed E-state index contributed by atoms with van der Waals surface area (Å²) < 4.78 is 0. The number of benzene rings is 3. The topological polar surface area (TPSA) is 117 Å². The van der Waals surface area contributed by atoms with Gasteiger partial charge >= 0.3 is 5.69 Å². The molecule has 0 unspecified atom stereocenters. The average Bonchev–Trinajstić information content (AvgIpc) is 2.77. The van der Waals surface area contributed by atoms with E-state index in [1.54, 1.807) is 6.21 Å². The predicted octanol–water partition coefficient (Wildman–Crippen LogP) is 4.80. The molecule has 3 aromatic rings. The lowest BCUT2D eigenvalue weighted by Gasteiger charge is -2.36. The first-order chi connectivity index (χ1) is 14.9. The summed E-state index contributed by atoms with van der Waals surface area (Å²) in [5.74, 6) is 0. The summed E-state index contributed by atoms with van der Waals surface area (Å²) in [7, 11) is 4.00. The van der Waals surface area contributed by atoms with Crippen molar-refractivity contribution in [3.8, 4) is 0 Å². The Balaban J connectivity index is 1.59. The highest BCUT2D eigenvalue weighted by Crippen LogP contribution is 2.46. The number of fused-ring (bicyclic) bond motifs is 2. The maximum atomic E-state index is 11.2. The molecule has 1 N–H and O–H groups in total. The van der Waals surface area contributed by atoms with Gasteiger partial charge in [0.25, 0.3) is 5.69 Å². The standard InChI is InChI=1S/C21H18N6O4/c1-24-17-5-3-4-6-18(17)25(2)21-11-14(7-10-19(21)24)13-22-23-16-9-8-15(26(28)29)12-20(16)27(30)31/h3-13,23H,1-2H3/b22-13+. The van der Waals surface area contributed by atoms with Crippen LogP contribution >= 0.6 is 0 Å². The van der Waals surface area contributed by atoms with Gasteiger partial charge in [-0.3, -0.25) is 25.7 Å². The highest BCUT2D eigenvalue weighted by Gasteiger charge is 2.23. The number of nitrogens with zero attached hydrogens (tertiary/aromatic N) is 5. The van der Waals surface area contributed by atoms with Crippen LogP contribution in [-0.2, 0) is 0 Å². The van der Waals surface area contributed by atoms with E-state index in [0.29, 0.717) is 0 Å². The molecule has 0 atom stereocenters. The number of nitrogens with one attached hydrogen (secondary N) is 1. The van der Waals surface area contributed by atoms with Crippen molar-refractivity contribution in [2.75, 3.05) is 29.3 Å². The second-order valence-electron chi connectivity index (χ2n) is 6.94. The van der Waals surface area contributed by atoms with Crippen molar-refractivity contribution in [3.05, 3.63) is 86.5 Å². The van der Waals surface area contributed by atoms with Gasteiger partial charge in [-0.25, -0.2) is 0 Å². The normalized spacial score (nSPS) is 12.5. The Kier molecular flexibility index (Phi) is 4.96. The number of nitro benzene ring substituents is 2. The minimum Gasteiger partial charge on any atom is -0.341 e. The van der Waals surface area contributed by atoms with Crippen molar-refractivity contribution in [1.82, 2.24) is 0 Å². The Hall–Kier alpha value is -4.47. The number of nitro groups is 2. The SMILES string of the molecule is CN1c2ccccc2N(C)c2cc(/C=N/Nc3ccc([N+](=O)[O-])cc3[N+](=O)[O-])ccc21. The first-order valence-corrected chi connectivity index (χ1v) is 9.29. The number of para-hydroxylation sites is 2. The molecule has 4 rings (SSSR count). The Morgan fingerprint density at radius 2 is 1.48 bits per heavy atom. The van der Waals surface area contributed by atoms with Gasteiger partial charge in [0.05, 0.1) is 44.9 Å². The molecule has 10 heteroatoms. The van der Waals surface area contributed by atoms with Gasteiger partial charge in [-0.2, -0.15) is 5.10 Å². The Morgan fingerprint density at radius 1 is 0.839 bits per heavy atom. The van der Waals surface area contributed by atoms with E-state index in [9.17, 15) is 20.2 Å². The lowest BCUT2D eigenvalue weighted by Crippen LogP contribution is -2.24. The lowest BCUT2D eigenvalue weighted by molar-refractivity contribution is -0.393. The van der Waals surface area contributed by atoms with Crippen molar-refractivity contribution in [2.45, 2.75) is 0 Å². The van der Waals surface area contributed by atoms with Gasteiger partial charge in [-0.1, -0.05) is 18.2 Å². The fraction of sp³-hybridized carbons (Fsp3) is 0.0952. The summed E-state index contributed by atoms with van der Waals surface area (Å²) in [5.41, 5.74) is 6.89. The van der Waals surface area contributed by atoms with E-state index in [1.165, 1.54) is 12.1 Å². The third-order valence-electron chi connectivity index (χ3n) is 5.11. The van der Waals surface area contributed by atoms with Crippen molar-refractivity contribution in [3.63, 3.8) is 0 Å². The number of rotatable bonds is 5. The van der Waals surface area contributed by atoms with E-state index in [1.807, 2.05) is 50.5 Å². The summed E-state index contributed by atoms with van der Waals surface area (Å²) in [6, 6.07) is 17.3. The molecule has 0 spiro atoms. The number of hydrogen-bond donors (Lipinski definition) is 1. The predicted molar refractivity (Wildman–Crippen MR) is 120 cm³/mol. The van der Waals surface area contributed by atoms with E-state index < -0.39 is 15.5 Å². The number of anilines is 5. The van der Waals surface area contributed by atoms with Gasteiger partial charge in [0.2, 0.25) is 0 Å². The maximum Gasteiger partial charge on any atom is 0.301 e. The monoisotopic (exact) mass is 418 g/mol. The molecular weight excluding hydrogens is 400 g/mol. The number of hydrazone groups is 1. The second-order valence-corrected chi connectivity index (χ2v) is 6.94. The Bertz CT molecular complexity index is 1230. The molecule has 0 saturated heterocycles. The molecule has 0 amide bonds. The molecule has 31 heavy (non-hydrogen) atoms. The van der Waals surface area contributed by atoms with Crippen LogP contribution in [0.1, 0.15) is 5.56 Å². The highest BCUT2D eigenvalue weighted by atomic mass is 16.6. The molecule has 0 aliphatic carbocycles. The molecule has 1 heterocycles. The zero-order valence-electron chi connectivity index (χ0n) is 16.7. The first kappa shape index (κ1) is 19.8. The Labute approximate surface area is 177 Å². The molecule has 0 saturated carbocycles. The zero-order valence-corrected chi connectivity index (χ0v) is 16.7. The van der Waals surface area contributed by atoms with Crippen LogP contribution in [0, 0.1) is 20.2 Å². The fourth-order valence-corrected chi connectivity index (χ4v) is 3.52. The average molecular weight is 418 g/mol. The molecule has 1 aliphatic rings. The van der Waals surface area contributed by atoms with Crippen LogP contribution in [0.15, 0.2) is 65.8 Å². The summed E-state index contributed by atoms with van der Waals surface area (Å²) in [6.07, 6.45) is 1.54. The van der Waals surface area contributed by atoms with Crippen molar-refractivity contribution < 1.29 is 9.85 Å². The van der Waals surface area contributed by atoms with Crippen LogP contribution in [0.2, 0.25) is 0 Å². The van der Waals surface area contributed by atoms with E-state index in [-0.39, 0.29) is 11.4 Å². The van der Waals surface area contributed by atoms with Crippen molar-refractivity contribution in [2.24, 2.45) is 5.10 Å². The summed E-state index contributed by atoms with van der Waals surface area (Å²) in [6.45, 7) is 0. The highest BCUT2D eigenvalue weighted by molar-refractivity contribution is 5.95. The van der Waals surface area contributed by atoms with Gasteiger partial charge < -0.3 is 9.80 Å². The van der Waals surface area contributed by atoms with Crippen LogP contribution in [-0.4, -0.2) is 30.2 Å². The van der Waals surface area contributed by atoms with Crippen LogP contribution in [0.5, 0.6) is 0 Å². The molecule has 0 radical (unpaired) electrons. The largest absolute Gasteiger partial charge is 0.341 e. The van der Waals surface area contributed by atoms with Gasteiger partial charge in [0, 0.05) is 20.2 Å². The van der Waals surface area contributed by atoms with Crippen molar-refractivity contribution >= 4 is 46.0 Å². The van der Waals surface area contributed by atoms with E-state index in [4.69, 9.17) is 0 Å². The minimum absolute atomic E-state index is 0.0654. The van der Waals surface area contributed by atoms with Crippen LogP contribution in [0.4, 0.5) is 39.8 Å². The molecule has 0 aromatic heterocycles. The van der Waals surface area contributed by atoms with Gasteiger partial charge in [0.15, 0.2) is 0 Å². The maximum absolute atomic E-state index is 11.2. The van der Waals surface area contributed by atoms with Crippen LogP contribution in [0.3, 0.4) is 0 Å². The molecule has 10 nitrogen and oxygen atoms in total. The number of hydrogen-bond acceptors (Lipinski definition) is 8. The smallest absolute Gasteiger partial charge is 0.301 e. The summed E-state index contributed by atoms with van der Waals surface area (Å²) in [4.78, 5) is 24.9. The van der Waals surface area contributed by atoms with Crippen LogP contribution in [0.25, 0.3) is 0 Å². The quantitative estimate of drug-likeness (QED) is 0.359. The van der Waals surface area contributed by atoms with E-state index >= 15 is 0 Å². The Morgan fingerprint density at radius 3 is 2.13 bits per heavy atom. The van der Waals surface area contributed by atoms with Gasteiger partial charge in [-0.15, -0.1) is 0 Å². The second kappa shape index (κ2) is 7.75. The van der Waals surface area contributed by atoms with E-state index in [0.717, 1.165) is 34.4 Å². The third-order valence-corrected chi connectivity index (χ3v) is 5.11. The third kappa shape index (κ3) is 3.62.